The molecule has 0 amide bonds. The summed E-state index contributed by atoms with van der Waals surface area (Å²) in [5.74, 6) is 0.909. The van der Waals surface area contributed by atoms with Gasteiger partial charge in [0.1, 0.15) is 0 Å². The van der Waals surface area contributed by atoms with E-state index < -0.39 is 0 Å². The third kappa shape index (κ3) is 2.85. The van der Waals surface area contributed by atoms with Crippen molar-refractivity contribution in [2.24, 2.45) is 0 Å². The first kappa shape index (κ1) is 14.1. The maximum Gasteiger partial charge on any atom is 0.198 e. The van der Waals surface area contributed by atoms with Crippen LogP contribution >= 0.6 is 0 Å². The third-order valence-electron chi connectivity index (χ3n) is 3.37. The van der Waals surface area contributed by atoms with Gasteiger partial charge in [-0.05, 0) is 36.4 Å². The van der Waals surface area contributed by atoms with Crippen molar-refractivity contribution < 1.29 is 0 Å². The van der Waals surface area contributed by atoms with Gasteiger partial charge in [0.15, 0.2) is 11.6 Å². The molecule has 4 aromatic heterocycles. The van der Waals surface area contributed by atoms with Gasteiger partial charge in [-0.3, -0.25) is 9.97 Å². The van der Waals surface area contributed by atoms with Crippen LogP contribution in [0, 0.1) is 0 Å². The monoisotopic (exact) mass is 312 g/mol. The van der Waals surface area contributed by atoms with Crippen molar-refractivity contribution in [3.8, 4) is 34.4 Å². The molecule has 0 aliphatic rings. The molecule has 0 bridgehead atoms. The minimum atomic E-state index is 0.455. The summed E-state index contributed by atoms with van der Waals surface area (Å²) in [6.07, 6.45) is 6.83. The van der Waals surface area contributed by atoms with E-state index in [9.17, 15) is 0 Å². The van der Waals surface area contributed by atoms with Crippen LogP contribution in [-0.4, -0.2) is 29.9 Å². The SMILES string of the molecule is c1ccc(-c2ccnc(-c3nccc(-c4ccccn4)n3)n2)nc1. The zero-order chi connectivity index (χ0) is 16.2. The highest BCUT2D eigenvalue weighted by molar-refractivity contribution is 5.59. The van der Waals surface area contributed by atoms with Gasteiger partial charge in [0, 0.05) is 24.8 Å². The molecule has 0 atom stereocenters. The van der Waals surface area contributed by atoms with E-state index in [0.717, 1.165) is 22.8 Å². The number of hydrogen-bond acceptors (Lipinski definition) is 6. The van der Waals surface area contributed by atoms with Gasteiger partial charge in [-0.25, -0.2) is 19.9 Å². The molecule has 0 fully saturated rings. The molecule has 4 aromatic rings. The van der Waals surface area contributed by atoms with Crippen molar-refractivity contribution >= 4 is 0 Å². The molecule has 0 saturated carbocycles. The zero-order valence-corrected chi connectivity index (χ0v) is 12.6. The molecule has 4 rings (SSSR count). The van der Waals surface area contributed by atoms with Crippen molar-refractivity contribution in [2.75, 3.05) is 0 Å². The Hall–Kier alpha value is -3.54. The van der Waals surface area contributed by atoms with Crippen LogP contribution in [0.1, 0.15) is 0 Å². The number of nitrogens with zero attached hydrogens (tertiary/aromatic N) is 6. The number of hydrogen-bond donors (Lipinski definition) is 0. The van der Waals surface area contributed by atoms with Crippen LogP contribution in [0.15, 0.2) is 73.3 Å². The van der Waals surface area contributed by atoms with Crippen molar-refractivity contribution in [3.63, 3.8) is 0 Å². The first-order valence-electron chi connectivity index (χ1n) is 7.39. The van der Waals surface area contributed by atoms with E-state index in [1.54, 1.807) is 24.8 Å². The summed E-state index contributed by atoms with van der Waals surface area (Å²) in [7, 11) is 0. The fourth-order valence-electron chi connectivity index (χ4n) is 2.25. The Morgan fingerprint density at radius 3 is 1.33 bits per heavy atom. The Labute approximate surface area is 138 Å². The van der Waals surface area contributed by atoms with Gasteiger partial charge >= 0.3 is 0 Å². The van der Waals surface area contributed by atoms with Gasteiger partial charge < -0.3 is 0 Å². The second kappa shape index (κ2) is 6.29. The highest BCUT2D eigenvalue weighted by atomic mass is 15.0. The fraction of sp³-hybridized carbons (Fsp3) is 0. The summed E-state index contributed by atoms with van der Waals surface area (Å²) in [5, 5.41) is 0. The van der Waals surface area contributed by atoms with Crippen LogP contribution < -0.4 is 0 Å². The highest BCUT2D eigenvalue weighted by Gasteiger charge is 2.10. The minimum absolute atomic E-state index is 0.455. The van der Waals surface area contributed by atoms with Crippen molar-refractivity contribution in [1.82, 2.24) is 29.9 Å². The Kier molecular flexibility index (Phi) is 3.69. The fourth-order valence-corrected chi connectivity index (χ4v) is 2.25. The average Bonchev–Trinajstić information content (AvgIpc) is 2.70. The molecule has 6 heteroatoms. The van der Waals surface area contributed by atoms with Crippen LogP contribution in [0.2, 0.25) is 0 Å². The predicted octanol–water partition coefficient (Wildman–Crippen LogP) is 3.06. The lowest BCUT2D eigenvalue weighted by atomic mass is 10.2. The van der Waals surface area contributed by atoms with Gasteiger partial charge in [0.25, 0.3) is 0 Å². The Morgan fingerprint density at radius 1 is 0.417 bits per heavy atom. The summed E-state index contributed by atoms with van der Waals surface area (Å²) < 4.78 is 0. The standard InChI is InChI=1S/C18H12N6/c1-3-9-19-13(5-1)15-7-11-21-17(23-15)18-22-12-8-16(24-18)14-6-2-4-10-20-14/h1-12H. The van der Waals surface area contributed by atoms with Gasteiger partial charge in [-0.2, -0.15) is 0 Å². The molecule has 0 aromatic carbocycles. The maximum atomic E-state index is 4.53. The summed E-state index contributed by atoms with van der Waals surface area (Å²) in [4.78, 5) is 26.2. The summed E-state index contributed by atoms with van der Waals surface area (Å²) in [6.45, 7) is 0. The quantitative estimate of drug-likeness (QED) is 0.578. The lowest BCUT2D eigenvalue weighted by Gasteiger charge is -2.04. The van der Waals surface area contributed by atoms with E-state index in [1.807, 2.05) is 48.5 Å². The van der Waals surface area contributed by atoms with Crippen molar-refractivity contribution in [3.05, 3.63) is 73.3 Å². The van der Waals surface area contributed by atoms with E-state index in [0.29, 0.717) is 11.6 Å². The molecule has 0 saturated heterocycles. The van der Waals surface area contributed by atoms with Crippen LogP contribution in [0.25, 0.3) is 34.4 Å². The lowest BCUT2D eigenvalue weighted by Crippen LogP contribution is -1.98. The molecule has 0 unspecified atom stereocenters. The highest BCUT2D eigenvalue weighted by Crippen LogP contribution is 2.19. The number of rotatable bonds is 3. The van der Waals surface area contributed by atoms with Gasteiger partial charge in [0.05, 0.1) is 22.8 Å². The lowest BCUT2D eigenvalue weighted by molar-refractivity contribution is 1.07. The average molecular weight is 312 g/mol. The van der Waals surface area contributed by atoms with E-state index in [-0.39, 0.29) is 0 Å². The minimum Gasteiger partial charge on any atom is -0.255 e. The molecular weight excluding hydrogens is 300 g/mol. The molecule has 0 spiro atoms. The maximum absolute atomic E-state index is 4.53. The van der Waals surface area contributed by atoms with E-state index in [2.05, 4.69) is 29.9 Å². The molecule has 6 nitrogen and oxygen atoms in total. The number of aromatic nitrogens is 6. The molecular formula is C18H12N6. The first-order valence-corrected chi connectivity index (χ1v) is 7.39. The molecule has 0 radical (unpaired) electrons. The summed E-state index contributed by atoms with van der Waals surface area (Å²) >= 11 is 0. The molecule has 0 N–H and O–H groups in total. The molecule has 4 heterocycles. The van der Waals surface area contributed by atoms with Crippen molar-refractivity contribution in [1.29, 1.82) is 0 Å². The van der Waals surface area contributed by atoms with Crippen LogP contribution in [0.4, 0.5) is 0 Å². The first-order chi connectivity index (χ1) is 11.9. The normalized spacial score (nSPS) is 10.5. The van der Waals surface area contributed by atoms with Gasteiger partial charge in [-0.1, -0.05) is 12.1 Å². The Bertz CT molecular complexity index is 876. The molecule has 0 aliphatic heterocycles. The van der Waals surface area contributed by atoms with Gasteiger partial charge in [0.2, 0.25) is 0 Å². The Morgan fingerprint density at radius 2 is 0.917 bits per heavy atom. The number of pyridine rings is 2. The van der Waals surface area contributed by atoms with Crippen LogP contribution in [0.5, 0.6) is 0 Å². The predicted molar refractivity (Wildman–Crippen MR) is 89.5 cm³/mol. The second-order valence-electron chi connectivity index (χ2n) is 4.96. The molecule has 0 aliphatic carbocycles. The second-order valence-corrected chi connectivity index (χ2v) is 4.96. The zero-order valence-electron chi connectivity index (χ0n) is 12.6. The Balaban J connectivity index is 1.75. The largest absolute Gasteiger partial charge is 0.255 e. The smallest absolute Gasteiger partial charge is 0.198 e. The third-order valence-corrected chi connectivity index (χ3v) is 3.37. The van der Waals surface area contributed by atoms with E-state index in [4.69, 9.17) is 0 Å². The summed E-state index contributed by atoms with van der Waals surface area (Å²) in [5.41, 5.74) is 3.02. The molecule has 114 valence electrons. The van der Waals surface area contributed by atoms with E-state index in [1.165, 1.54) is 0 Å². The summed E-state index contributed by atoms with van der Waals surface area (Å²) in [6, 6.07) is 15.0. The van der Waals surface area contributed by atoms with Gasteiger partial charge in [-0.15, -0.1) is 0 Å². The molecule has 24 heavy (non-hydrogen) atoms. The van der Waals surface area contributed by atoms with E-state index >= 15 is 0 Å². The van der Waals surface area contributed by atoms with Crippen LogP contribution in [0.3, 0.4) is 0 Å². The van der Waals surface area contributed by atoms with Crippen LogP contribution in [-0.2, 0) is 0 Å². The van der Waals surface area contributed by atoms with Crippen molar-refractivity contribution in [2.45, 2.75) is 0 Å². The topological polar surface area (TPSA) is 77.3 Å².